The standard InChI is InChI=1S/C67H72O13Si/c1-6-41-70-59-57-55(45-74-64(79-57)51-31-19-10-20-32-51)77-66(61(59)72-43-49-37-39-52(69-5)40-38-49)80-58-56(46-75-81(67(2,3)4,53-33-21-11-22-34-53)54-35-23-12-24-36-54)76-65(73-44-48-27-15-8-16-28-48)62(78-63(68)50-29-17-9-18-30-50)60(58)71-42-47-25-13-7-14-26-47/h6-40,55-62,64-66H,1,41-46H2,2-5H3/t55-,56-,57+,58-,59+,60+,61-,62-,64?,65-,66+/m1/s1. The molecular weight excluding hydrogens is 1040 g/mol. The van der Waals surface area contributed by atoms with Crippen molar-refractivity contribution in [2.75, 3.05) is 26.9 Å². The average molecular weight is 1110 g/mol. The predicted octanol–water partition coefficient (Wildman–Crippen LogP) is 10.7. The second kappa shape index (κ2) is 27.4. The van der Waals surface area contributed by atoms with Gasteiger partial charge in [0.2, 0.25) is 0 Å². The summed E-state index contributed by atoms with van der Waals surface area (Å²) >= 11 is 0. The van der Waals surface area contributed by atoms with Gasteiger partial charge in [-0.1, -0.05) is 209 Å². The molecule has 10 rings (SSSR count). The van der Waals surface area contributed by atoms with Crippen LogP contribution < -0.4 is 15.1 Å². The summed E-state index contributed by atoms with van der Waals surface area (Å²) in [5.74, 6) is 0.101. The first kappa shape index (κ1) is 57.6. The fraction of sp³-hybridized carbons (Fsp3) is 0.328. The first-order valence-corrected chi connectivity index (χ1v) is 29.6. The number of esters is 1. The van der Waals surface area contributed by atoms with Gasteiger partial charge < -0.3 is 56.5 Å². The molecule has 0 amide bonds. The second-order valence-corrected chi connectivity index (χ2v) is 25.6. The van der Waals surface area contributed by atoms with Crippen LogP contribution in [-0.2, 0) is 71.6 Å². The molecule has 3 aliphatic heterocycles. The first-order valence-electron chi connectivity index (χ1n) is 27.7. The maximum absolute atomic E-state index is 14.6. The van der Waals surface area contributed by atoms with Gasteiger partial charge in [-0.2, -0.15) is 0 Å². The van der Waals surface area contributed by atoms with E-state index in [2.05, 4.69) is 75.9 Å². The van der Waals surface area contributed by atoms with Crippen molar-refractivity contribution in [3.8, 4) is 5.75 Å². The van der Waals surface area contributed by atoms with Crippen LogP contribution in [0.25, 0.3) is 0 Å². The van der Waals surface area contributed by atoms with Gasteiger partial charge in [0.25, 0.3) is 8.32 Å². The summed E-state index contributed by atoms with van der Waals surface area (Å²) in [5, 5.41) is 1.72. The zero-order valence-electron chi connectivity index (χ0n) is 46.3. The Morgan fingerprint density at radius 2 is 1.10 bits per heavy atom. The maximum atomic E-state index is 14.6. The van der Waals surface area contributed by atoms with E-state index < -0.39 is 87.0 Å². The van der Waals surface area contributed by atoms with Crippen molar-refractivity contribution in [1.82, 2.24) is 0 Å². The van der Waals surface area contributed by atoms with Gasteiger partial charge in [0.15, 0.2) is 25.0 Å². The minimum atomic E-state index is -3.27. The molecule has 0 spiro atoms. The number of ether oxygens (including phenoxy) is 11. The molecule has 81 heavy (non-hydrogen) atoms. The number of carbonyl (C=O) groups is 1. The Hall–Kier alpha value is -6.63. The lowest BCUT2D eigenvalue weighted by molar-refractivity contribution is -0.394. The Labute approximate surface area is 476 Å². The largest absolute Gasteiger partial charge is 0.497 e. The summed E-state index contributed by atoms with van der Waals surface area (Å²) in [5.41, 5.74) is 3.79. The highest BCUT2D eigenvalue weighted by Crippen LogP contribution is 2.42. The van der Waals surface area contributed by atoms with Crippen molar-refractivity contribution in [1.29, 1.82) is 0 Å². The summed E-state index contributed by atoms with van der Waals surface area (Å²) in [6, 6.07) is 66.7. The summed E-state index contributed by atoms with van der Waals surface area (Å²) in [4.78, 5) is 14.6. The highest BCUT2D eigenvalue weighted by Gasteiger charge is 2.58. The third kappa shape index (κ3) is 13.8. The quantitative estimate of drug-likeness (QED) is 0.0343. The van der Waals surface area contributed by atoms with Crippen LogP contribution in [0.5, 0.6) is 5.75 Å². The minimum Gasteiger partial charge on any atom is -0.497 e. The van der Waals surface area contributed by atoms with Crippen LogP contribution in [0.4, 0.5) is 0 Å². The van der Waals surface area contributed by atoms with Crippen LogP contribution in [-0.4, -0.2) is 103 Å². The normalized spacial score (nSPS) is 24.8. The van der Waals surface area contributed by atoms with Gasteiger partial charge in [0.1, 0.15) is 48.5 Å². The molecule has 11 atom stereocenters. The zero-order valence-corrected chi connectivity index (χ0v) is 47.3. The molecule has 0 radical (unpaired) electrons. The van der Waals surface area contributed by atoms with E-state index in [9.17, 15) is 4.79 Å². The Morgan fingerprint density at radius 1 is 0.568 bits per heavy atom. The lowest BCUT2D eigenvalue weighted by atomic mass is 9.95. The van der Waals surface area contributed by atoms with Crippen molar-refractivity contribution in [3.05, 3.63) is 247 Å². The molecule has 0 bridgehead atoms. The van der Waals surface area contributed by atoms with Crippen LogP contribution in [0, 0.1) is 0 Å². The molecule has 0 aliphatic carbocycles. The molecule has 1 unspecified atom stereocenters. The molecule has 7 aromatic rings. The van der Waals surface area contributed by atoms with Gasteiger partial charge in [0.05, 0.1) is 52.3 Å². The fourth-order valence-electron chi connectivity index (χ4n) is 10.9. The molecule has 3 heterocycles. The van der Waals surface area contributed by atoms with Gasteiger partial charge in [-0.15, -0.1) is 6.58 Å². The van der Waals surface area contributed by atoms with Gasteiger partial charge in [0, 0.05) is 5.56 Å². The van der Waals surface area contributed by atoms with Crippen molar-refractivity contribution < 1.29 is 61.3 Å². The van der Waals surface area contributed by atoms with Crippen LogP contribution in [0.2, 0.25) is 5.04 Å². The molecule has 7 aromatic carbocycles. The highest BCUT2D eigenvalue weighted by atomic mass is 28.4. The number of methoxy groups -OCH3 is 1. The number of hydrogen-bond donors (Lipinski definition) is 0. The molecule has 13 nitrogen and oxygen atoms in total. The van der Waals surface area contributed by atoms with Gasteiger partial charge in [-0.05, 0) is 56.4 Å². The minimum absolute atomic E-state index is 0.0226. The van der Waals surface area contributed by atoms with Crippen LogP contribution in [0.3, 0.4) is 0 Å². The molecule has 14 heteroatoms. The van der Waals surface area contributed by atoms with E-state index in [4.69, 9.17) is 56.5 Å². The monoisotopic (exact) mass is 1110 g/mol. The van der Waals surface area contributed by atoms with E-state index in [1.165, 1.54) is 0 Å². The lowest BCUT2D eigenvalue weighted by Gasteiger charge is -2.52. The summed E-state index contributed by atoms with van der Waals surface area (Å²) in [6.07, 6.45) is -9.02. The zero-order chi connectivity index (χ0) is 56.0. The van der Waals surface area contributed by atoms with Crippen molar-refractivity contribution in [2.24, 2.45) is 0 Å². The molecule has 3 fully saturated rings. The highest BCUT2D eigenvalue weighted by molar-refractivity contribution is 6.99. The summed E-state index contributed by atoms with van der Waals surface area (Å²) < 4.78 is 83.1. The molecule has 0 aromatic heterocycles. The molecule has 0 saturated carbocycles. The lowest BCUT2D eigenvalue weighted by Crippen LogP contribution is -2.69. The van der Waals surface area contributed by atoms with Crippen LogP contribution in [0.15, 0.2) is 219 Å². The summed E-state index contributed by atoms with van der Waals surface area (Å²) in [7, 11) is -1.64. The molecule has 422 valence electrons. The Bertz CT molecular complexity index is 2970. The SMILES string of the molecule is C=CCO[C@H]1[C@H]2OC(c3ccccc3)OC[C@H]2O[C@@H](O[C@H]2[C@H](OCc3ccccc3)[C@@H](OC(=O)c3ccccc3)[C@H](OCc3ccccc3)O[C@@H]2CO[Si](c2ccccc2)(c2ccccc2)C(C)(C)C)[C@@H]1OCc1ccc(OC)cc1. The van der Waals surface area contributed by atoms with E-state index in [0.717, 1.165) is 32.6 Å². The van der Waals surface area contributed by atoms with E-state index in [1.54, 1.807) is 37.5 Å². The smallest absolute Gasteiger partial charge is 0.338 e. The van der Waals surface area contributed by atoms with Crippen molar-refractivity contribution in [2.45, 2.75) is 113 Å². The topological polar surface area (TPSA) is 128 Å². The maximum Gasteiger partial charge on any atom is 0.338 e. The van der Waals surface area contributed by atoms with Crippen molar-refractivity contribution in [3.63, 3.8) is 0 Å². The fourth-order valence-corrected chi connectivity index (χ4v) is 15.5. The molecule has 0 N–H and O–H groups in total. The summed E-state index contributed by atoms with van der Waals surface area (Å²) in [6.45, 7) is 11.3. The number of rotatable bonds is 23. The Kier molecular flexibility index (Phi) is 19.5. The van der Waals surface area contributed by atoms with E-state index in [1.807, 2.05) is 133 Å². The van der Waals surface area contributed by atoms with Gasteiger partial charge in [-0.25, -0.2) is 4.79 Å². The first-order chi connectivity index (χ1) is 39.6. The molecule has 3 saturated heterocycles. The average Bonchev–Trinajstić information content (AvgIpc) is 3.55. The number of hydrogen-bond acceptors (Lipinski definition) is 13. The molecule has 3 aliphatic rings. The Morgan fingerprint density at radius 3 is 1.67 bits per heavy atom. The van der Waals surface area contributed by atoms with Gasteiger partial charge in [-0.3, -0.25) is 0 Å². The predicted molar refractivity (Wildman–Crippen MR) is 309 cm³/mol. The number of carbonyl (C=O) groups excluding carboxylic acids is 1. The van der Waals surface area contributed by atoms with E-state index in [-0.39, 0.29) is 39.6 Å². The number of fused-ring (bicyclic) bond motifs is 1. The third-order valence-corrected chi connectivity index (χ3v) is 19.9. The van der Waals surface area contributed by atoms with Crippen LogP contribution >= 0.6 is 0 Å². The molecular formula is C67H72O13Si. The number of benzene rings is 7. The Balaban J connectivity index is 1.10. The van der Waals surface area contributed by atoms with Crippen molar-refractivity contribution >= 4 is 24.7 Å². The van der Waals surface area contributed by atoms with E-state index >= 15 is 0 Å². The third-order valence-electron chi connectivity index (χ3n) is 14.9. The van der Waals surface area contributed by atoms with Crippen LogP contribution in [0.1, 0.15) is 59.7 Å². The second-order valence-electron chi connectivity index (χ2n) is 21.3. The van der Waals surface area contributed by atoms with E-state index in [0.29, 0.717) is 11.3 Å². The van der Waals surface area contributed by atoms with Gasteiger partial charge >= 0.3 is 5.97 Å².